The Kier molecular flexibility index (Phi) is 6.19. The number of carbonyl (C=O) groups is 1. The zero-order valence-corrected chi connectivity index (χ0v) is 16.5. The van der Waals surface area contributed by atoms with Gasteiger partial charge in [-0.05, 0) is 43.7 Å². The molecule has 1 unspecified atom stereocenters. The van der Waals surface area contributed by atoms with Crippen LogP contribution in [0.25, 0.3) is 11.3 Å². The predicted octanol–water partition coefficient (Wildman–Crippen LogP) is 1.91. The monoisotopic (exact) mass is 397 g/mol. The molecule has 154 valence electrons. The molecule has 0 aliphatic carbocycles. The molecule has 4 rings (SSSR count). The van der Waals surface area contributed by atoms with Crippen molar-refractivity contribution in [2.75, 3.05) is 26.2 Å². The summed E-state index contributed by atoms with van der Waals surface area (Å²) in [4.78, 5) is 35.1. The maximum Gasteiger partial charge on any atom is 0.317 e. The third-order valence-electron chi connectivity index (χ3n) is 5.72. The Morgan fingerprint density at radius 3 is 2.69 bits per heavy atom. The molecule has 1 atom stereocenters. The number of ether oxygens (including phenoxy) is 1. The van der Waals surface area contributed by atoms with Crippen molar-refractivity contribution in [3.63, 3.8) is 0 Å². The molecular weight excluding hydrogens is 370 g/mol. The zero-order chi connectivity index (χ0) is 20.1. The molecule has 2 aromatic rings. The van der Waals surface area contributed by atoms with Crippen molar-refractivity contribution in [3.05, 3.63) is 47.3 Å². The highest BCUT2D eigenvalue weighted by Gasteiger charge is 2.24. The fourth-order valence-corrected chi connectivity index (χ4v) is 3.96. The van der Waals surface area contributed by atoms with E-state index in [1.165, 1.54) is 0 Å². The van der Waals surface area contributed by atoms with Gasteiger partial charge in [-0.2, -0.15) is 0 Å². The van der Waals surface area contributed by atoms with Crippen LogP contribution in [0.1, 0.15) is 25.7 Å². The van der Waals surface area contributed by atoms with Crippen molar-refractivity contribution in [3.8, 4) is 11.3 Å². The van der Waals surface area contributed by atoms with Gasteiger partial charge in [0.1, 0.15) is 0 Å². The first kappa shape index (κ1) is 19.6. The van der Waals surface area contributed by atoms with E-state index in [9.17, 15) is 9.59 Å². The van der Waals surface area contributed by atoms with Crippen LogP contribution in [0, 0.1) is 5.92 Å². The van der Waals surface area contributed by atoms with Crippen LogP contribution in [-0.4, -0.2) is 57.8 Å². The predicted molar refractivity (Wildman–Crippen MR) is 108 cm³/mol. The summed E-state index contributed by atoms with van der Waals surface area (Å²) in [6.45, 7) is 3.43. The summed E-state index contributed by atoms with van der Waals surface area (Å²) in [5, 5.41) is 2.98. The van der Waals surface area contributed by atoms with Gasteiger partial charge in [0.05, 0.1) is 18.1 Å². The Bertz CT molecular complexity index is 871. The molecule has 0 saturated carbocycles. The first-order chi connectivity index (χ1) is 14.2. The number of nitrogens with zero attached hydrogens (tertiary/aromatic N) is 4. The molecule has 4 heterocycles. The number of nitrogens with one attached hydrogen (secondary N) is 1. The lowest BCUT2D eigenvalue weighted by atomic mass is 9.97. The summed E-state index contributed by atoms with van der Waals surface area (Å²) >= 11 is 0. The van der Waals surface area contributed by atoms with Crippen molar-refractivity contribution in [1.82, 2.24) is 24.8 Å². The molecule has 1 N–H and O–H groups in total. The van der Waals surface area contributed by atoms with Gasteiger partial charge < -0.3 is 15.0 Å². The number of piperidine rings is 1. The van der Waals surface area contributed by atoms with Crippen molar-refractivity contribution >= 4 is 6.03 Å². The van der Waals surface area contributed by atoms with Crippen LogP contribution >= 0.6 is 0 Å². The van der Waals surface area contributed by atoms with Gasteiger partial charge >= 0.3 is 6.03 Å². The Hall–Kier alpha value is -2.74. The summed E-state index contributed by atoms with van der Waals surface area (Å²) < 4.78 is 7.22. The van der Waals surface area contributed by atoms with Crippen LogP contribution in [0.15, 0.2) is 41.7 Å². The maximum absolute atomic E-state index is 12.5. The Balaban J connectivity index is 1.27. The molecule has 0 aromatic carbocycles. The highest BCUT2D eigenvalue weighted by Crippen LogP contribution is 2.19. The average molecular weight is 397 g/mol. The smallest absolute Gasteiger partial charge is 0.317 e. The fourth-order valence-electron chi connectivity index (χ4n) is 3.96. The van der Waals surface area contributed by atoms with E-state index in [1.54, 1.807) is 29.4 Å². The largest absolute Gasteiger partial charge is 0.376 e. The van der Waals surface area contributed by atoms with E-state index in [1.807, 2.05) is 17.0 Å². The molecule has 0 radical (unpaired) electrons. The number of carbonyl (C=O) groups excluding carboxylic acids is 1. The summed E-state index contributed by atoms with van der Waals surface area (Å²) in [6, 6.07) is 5.24. The number of urea groups is 1. The van der Waals surface area contributed by atoms with Crippen LogP contribution < -0.4 is 10.9 Å². The van der Waals surface area contributed by atoms with E-state index in [0.717, 1.165) is 37.9 Å². The van der Waals surface area contributed by atoms with Crippen LogP contribution in [0.3, 0.4) is 0 Å². The zero-order valence-electron chi connectivity index (χ0n) is 16.5. The second-order valence-corrected chi connectivity index (χ2v) is 7.75. The molecule has 0 bridgehead atoms. The first-order valence-corrected chi connectivity index (χ1v) is 10.3. The number of amides is 2. The minimum atomic E-state index is -0.0523. The van der Waals surface area contributed by atoms with Gasteiger partial charge in [0.15, 0.2) is 0 Å². The lowest BCUT2D eigenvalue weighted by Gasteiger charge is -2.32. The third-order valence-corrected chi connectivity index (χ3v) is 5.72. The summed E-state index contributed by atoms with van der Waals surface area (Å²) in [5.41, 5.74) is 1.49. The van der Waals surface area contributed by atoms with Gasteiger partial charge in [-0.15, -0.1) is 0 Å². The molecule has 2 saturated heterocycles. The van der Waals surface area contributed by atoms with Gasteiger partial charge in [-0.3, -0.25) is 14.3 Å². The van der Waals surface area contributed by atoms with Crippen LogP contribution in [0.5, 0.6) is 0 Å². The molecular formula is C21H27N5O3. The summed E-state index contributed by atoms with van der Waals surface area (Å²) in [7, 11) is 0. The number of likely N-dealkylation sites (tertiary alicyclic amines) is 1. The van der Waals surface area contributed by atoms with Crippen molar-refractivity contribution < 1.29 is 9.53 Å². The standard InChI is InChI=1S/C21H27N5O3/c27-20-12-19(17-3-7-22-8-4-17)24-15-26(20)14-16-5-9-25(10-6-16)21(28)23-13-18-2-1-11-29-18/h3-4,7-8,12,15-16,18H,1-2,5-6,9-11,13-14H2,(H,23,28). The van der Waals surface area contributed by atoms with Gasteiger partial charge in [0, 0.05) is 56.8 Å². The molecule has 8 nitrogen and oxygen atoms in total. The summed E-state index contributed by atoms with van der Waals surface area (Å²) in [6.07, 6.45) is 9.01. The SMILES string of the molecule is O=C(NCC1CCCO1)N1CCC(Cn2cnc(-c3ccncc3)cc2=O)CC1. The van der Waals surface area contributed by atoms with Crippen molar-refractivity contribution in [2.24, 2.45) is 5.92 Å². The van der Waals surface area contributed by atoms with E-state index in [4.69, 9.17) is 4.74 Å². The Labute approximate surface area is 169 Å². The van der Waals surface area contributed by atoms with Crippen molar-refractivity contribution in [2.45, 2.75) is 38.3 Å². The quantitative estimate of drug-likeness (QED) is 0.832. The van der Waals surface area contributed by atoms with Crippen LogP contribution in [-0.2, 0) is 11.3 Å². The van der Waals surface area contributed by atoms with Gasteiger partial charge in [0.25, 0.3) is 5.56 Å². The second kappa shape index (κ2) is 9.17. The lowest BCUT2D eigenvalue weighted by Crippen LogP contribution is -2.46. The molecule has 2 fully saturated rings. The van der Waals surface area contributed by atoms with Crippen molar-refractivity contribution in [1.29, 1.82) is 0 Å². The number of aromatic nitrogens is 3. The van der Waals surface area contributed by atoms with Gasteiger partial charge in [-0.1, -0.05) is 0 Å². The maximum atomic E-state index is 12.5. The second-order valence-electron chi connectivity index (χ2n) is 7.75. The van der Waals surface area contributed by atoms with Gasteiger partial charge in [-0.25, -0.2) is 9.78 Å². The number of hydrogen-bond acceptors (Lipinski definition) is 5. The highest BCUT2D eigenvalue weighted by atomic mass is 16.5. The van der Waals surface area contributed by atoms with E-state index >= 15 is 0 Å². The van der Waals surface area contributed by atoms with E-state index in [-0.39, 0.29) is 17.7 Å². The molecule has 2 aromatic heterocycles. The highest BCUT2D eigenvalue weighted by molar-refractivity contribution is 5.74. The fraction of sp³-hybridized carbons (Fsp3) is 0.524. The number of rotatable bonds is 5. The minimum Gasteiger partial charge on any atom is -0.376 e. The Morgan fingerprint density at radius 2 is 2.00 bits per heavy atom. The molecule has 8 heteroatoms. The molecule has 29 heavy (non-hydrogen) atoms. The summed E-state index contributed by atoms with van der Waals surface area (Å²) in [5.74, 6) is 0.364. The van der Waals surface area contributed by atoms with E-state index in [2.05, 4.69) is 15.3 Å². The molecule has 2 amide bonds. The van der Waals surface area contributed by atoms with Crippen LogP contribution in [0.2, 0.25) is 0 Å². The van der Waals surface area contributed by atoms with E-state index < -0.39 is 0 Å². The lowest BCUT2D eigenvalue weighted by molar-refractivity contribution is 0.107. The first-order valence-electron chi connectivity index (χ1n) is 10.3. The van der Waals surface area contributed by atoms with Gasteiger partial charge in [0.2, 0.25) is 0 Å². The minimum absolute atomic E-state index is 0.0144. The topological polar surface area (TPSA) is 89.3 Å². The average Bonchev–Trinajstić information content (AvgIpc) is 3.28. The molecule has 0 spiro atoms. The third kappa shape index (κ3) is 5.00. The normalized spacial score (nSPS) is 20.0. The van der Waals surface area contributed by atoms with Crippen LogP contribution in [0.4, 0.5) is 4.79 Å². The Morgan fingerprint density at radius 1 is 1.21 bits per heavy atom. The molecule has 2 aliphatic rings. The number of hydrogen-bond donors (Lipinski definition) is 1. The molecule has 2 aliphatic heterocycles. The number of pyridine rings is 1. The van der Waals surface area contributed by atoms with E-state index in [0.29, 0.717) is 37.8 Å².